The van der Waals surface area contributed by atoms with E-state index in [1.54, 1.807) is 23.2 Å². The molecule has 0 spiro atoms. The average molecular weight is 298 g/mol. The minimum absolute atomic E-state index is 0.111. The highest BCUT2D eigenvalue weighted by Crippen LogP contribution is 2.12. The first-order chi connectivity index (χ1) is 9.43. The normalized spacial score (nSPS) is 17.4. The van der Waals surface area contributed by atoms with Gasteiger partial charge < -0.3 is 4.90 Å². The Labute approximate surface area is 119 Å². The standard InChI is InChI=1S/C12H18N4O3S/c1-14(2)20(18,19)16-8-6-15(7-9-16)12(17)11-4-3-5-13-10-11/h3-5,10H,6-9H2,1-2H3. The van der Waals surface area contributed by atoms with Crippen molar-refractivity contribution >= 4 is 16.1 Å². The van der Waals surface area contributed by atoms with Crippen molar-refractivity contribution in [2.75, 3.05) is 40.3 Å². The quantitative estimate of drug-likeness (QED) is 0.764. The Hall–Kier alpha value is -1.51. The van der Waals surface area contributed by atoms with Crippen LogP contribution in [0.25, 0.3) is 0 Å². The van der Waals surface area contributed by atoms with Gasteiger partial charge in [-0.2, -0.15) is 17.0 Å². The first-order valence-corrected chi connectivity index (χ1v) is 7.69. The van der Waals surface area contributed by atoms with E-state index in [0.717, 1.165) is 0 Å². The van der Waals surface area contributed by atoms with Crippen molar-refractivity contribution in [1.29, 1.82) is 0 Å². The Kier molecular flexibility index (Phi) is 4.36. The molecule has 0 aromatic carbocycles. The summed E-state index contributed by atoms with van der Waals surface area (Å²) in [6, 6.07) is 3.41. The summed E-state index contributed by atoms with van der Waals surface area (Å²) >= 11 is 0. The fraction of sp³-hybridized carbons (Fsp3) is 0.500. The van der Waals surface area contributed by atoms with Crippen LogP contribution in [0.15, 0.2) is 24.5 Å². The Morgan fingerprint density at radius 1 is 1.25 bits per heavy atom. The third-order valence-electron chi connectivity index (χ3n) is 3.22. The van der Waals surface area contributed by atoms with Crippen molar-refractivity contribution in [2.45, 2.75) is 0 Å². The summed E-state index contributed by atoms with van der Waals surface area (Å²) in [6.45, 7) is 1.40. The van der Waals surface area contributed by atoms with E-state index >= 15 is 0 Å². The number of hydrogen-bond donors (Lipinski definition) is 0. The summed E-state index contributed by atoms with van der Waals surface area (Å²) in [6.07, 6.45) is 3.13. The van der Waals surface area contributed by atoms with Crippen LogP contribution in [0.1, 0.15) is 10.4 Å². The molecule has 0 saturated carbocycles. The minimum Gasteiger partial charge on any atom is -0.336 e. The fourth-order valence-electron chi connectivity index (χ4n) is 2.02. The van der Waals surface area contributed by atoms with Crippen molar-refractivity contribution in [2.24, 2.45) is 0 Å². The van der Waals surface area contributed by atoms with Crippen LogP contribution in [0.2, 0.25) is 0 Å². The van der Waals surface area contributed by atoms with Gasteiger partial charge in [0.15, 0.2) is 0 Å². The number of piperazine rings is 1. The molecule has 2 rings (SSSR count). The van der Waals surface area contributed by atoms with E-state index in [1.165, 1.54) is 28.9 Å². The van der Waals surface area contributed by atoms with Crippen LogP contribution in [0.5, 0.6) is 0 Å². The molecule has 1 aliphatic rings. The highest BCUT2D eigenvalue weighted by Gasteiger charge is 2.30. The molecule has 0 N–H and O–H groups in total. The molecular formula is C12H18N4O3S. The van der Waals surface area contributed by atoms with E-state index in [2.05, 4.69) is 4.98 Å². The maximum absolute atomic E-state index is 12.2. The lowest BCUT2D eigenvalue weighted by Crippen LogP contribution is -2.53. The van der Waals surface area contributed by atoms with Crippen molar-refractivity contribution in [3.63, 3.8) is 0 Å². The molecule has 8 heteroatoms. The van der Waals surface area contributed by atoms with Gasteiger partial charge in [0.2, 0.25) is 0 Å². The molecule has 1 amide bonds. The third kappa shape index (κ3) is 2.97. The molecule has 2 heterocycles. The van der Waals surface area contributed by atoms with Crippen LogP contribution < -0.4 is 0 Å². The second-order valence-electron chi connectivity index (χ2n) is 4.72. The zero-order valence-electron chi connectivity index (χ0n) is 11.6. The monoisotopic (exact) mass is 298 g/mol. The molecule has 1 fully saturated rings. The van der Waals surface area contributed by atoms with Crippen molar-refractivity contribution < 1.29 is 13.2 Å². The second kappa shape index (κ2) is 5.86. The SMILES string of the molecule is CN(C)S(=O)(=O)N1CCN(C(=O)c2cccnc2)CC1. The van der Waals surface area contributed by atoms with E-state index in [4.69, 9.17) is 0 Å². The Balaban J connectivity index is 2.00. The van der Waals surface area contributed by atoms with Gasteiger partial charge in [-0.3, -0.25) is 9.78 Å². The lowest BCUT2D eigenvalue weighted by atomic mass is 10.2. The van der Waals surface area contributed by atoms with Gasteiger partial charge in [0.1, 0.15) is 0 Å². The molecule has 7 nitrogen and oxygen atoms in total. The first-order valence-electron chi connectivity index (χ1n) is 6.30. The lowest BCUT2D eigenvalue weighted by Gasteiger charge is -2.35. The number of amides is 1. The summed E-state index contributed by atoms with van der Waals surface area (Å²) in [7, 11) is -0.392. The number of aromatic nitrogens is 1. The van der Waals surface area contributed by atoms with Gasteiger partial charge >= 0.3 is 0 Å². The van der Waals surface area contributed by atoms with Gasteiger partial charge in [-0.1, -0.05) is 0 Å². The number of pyridine rings is 1. The van der Waals surface area contributed by atoms with Crippen LogP contribution in [-0.2, 0) is 10.2 Å². The zero-order chi connectivity index (χ0) is 14.8. The lowest BCUT2D eigenvalue weighted by molar-refractivity contribution is 0.0695. The van der Waals surface area contributed by atoms with Gasteiger partial charge in [0.05, 0.1) is 5.56 Å². The molecule has 1 aromatic rings. The topological polar surface area (TPSA) is 73.8 Å². The van der Waals surface area contributed by atoms with Gasteiger partial charge in [-0.15, -0.1) is 0 Å². The number of rotatable bonds is 3. The van der Waals surface area contributed by atoms with Gasteiger partial charge in [0, 0.05) is 52.7 Å². The van der Waals surface area contributed by atoms with Gasteiger partial charge in [-0.05, 0) is 12.1 Å². The Morgan fingerprint density at radius 2 is 1.90 bits per heavy atom. The van der Waals surface area contributed by atoms with Crippen LogP contribution in [0, 0.1) is 0 Å². The molecule has 1 aliphatic heterocycles. The van der Waals surface area contributed by atoms with E-state index < -0.39 is 10.2 Å². The molecule has 1 saturated heterocycles. The Morgan fingerprint density at radius 3 is 2.40 bits per heavy atom. The fourth-order valence-corrected chi connectivity index (χ4v) is 3.11. The van der Waals surface area contributed by atoms with Crippen LogP contribution in [0.4, 0.5) is 0 Å². The summed E-state index contributed by atoms with van der Waals surface area (Å²) < 4.78 is 26.5. The van der Waals surface area contributed by atoms with Crippen molar-refractivity contribution in [3.05, 3.63) is 30.1 Å². The molecule has 0 aliphatic carbocycles. The summed E-state index contributed by atoms with van der Waals surface area (Å²) in [5.41, 5.74) is 0.524. The summed E-state index contributed by atoms with van der Waals surface area (Å²) in [4.78, 5) is 17.8. The van der Waals surface area contributed by atoms with Crippen molar-refractivity contribution in [3.8, 4) is 0 Å². The summed E-state index contributed by atoms with van der Waals surface area (Å²) in [5, 5.41) is 0. The molecule has 0 radical (unpaired) electrons. The second-order valence-corrected chi connectivity index (χ2v) is 6.87. The largest absolute Gasteiger partial charge is 0.336 e. The molecule has 1 aromatic heterocycles. The number of nitrogens with zero attached hydrogens (tertiary/aromatic N) is 4. The number of carbonyl (C=O) groups excluding carboxylic acids is 1. The van der Waals surface area contributed by atoms with Gasteiger partial charge in [-0.25, -0.2) is 0 Å². The molecular weight excluding hydrogens is 280 g/mol. The molecule has 110 valence electrons. The smallest absolute Gasteiger partial charge is 0.281 e. The maximum atomic E-state index is 12.2. The third-order valence-corrected chi connectivity index (χ3v) is 5.16. The minimum atomic E-state index is -3.40. The van der Waals surface area contributed by atoms with E-state index in [1.807, 2.05) is 0 Å². The van der Waals surface area contributed by atoms with E-state index in [9.17, 15) is 13.2 Å². The van der Waals surface area contributed by atoms with Crippen LogP contribution in [-0.4, -0.2) is 73.1 Å². The molecule has 0 bridgehead atoms. The highest BCUT2D eigenvalue weighted by molar-refractivity contribution is 7.86. The van der Waals surface area contributed by atoms with E-state index in [0.29, 0.717) is 31.7 Å². The van der Waals surface area contributed by atoms with Crippen LogP contribution in [0.3, 0.4) is 0 Å². The van der Waals surface area contributed by atoms with Crippen molar-refractivity contribution in [1.82, 2.24) is 18.5 Å². The molecule has 20 heavy (non-hydrogen) atoms. The first kappa shape index (κ1) is 14.9. The molecule has 0 unspecified atom stereocenters. The van der Waals surface area contributed by atoms with Gasteiger partial charge in [0.25, 0.3) is 16.1 Å². The average Bonchev–Trinajstić information content (AvgIpc) is 2.47. The summed E-state index contributed by atoms with van der Waals surface area (Å²) in [5.74, 6) is -0.111. The number of hydrogen-bond acceptors (Lipinski definition) is 4. The predicted octanol–water partition coefficient (Wildman–Crippen LogP) is -0.354. The molecule has 0 atom stereocenters. The number of carbonyl (C=O) groups is 1. The predicted molar refractivity (Wildman–Crippen MR) is 74.3 cm³/mol. The maximum Gasteiger partial charge on any atom is 0.281 e. The van der Waals surface area contributed by atoms with E-state index in [-0.39, 0.29) is 5.91 Å². The van der Waals surface area contributed by atoms with Crippen LogP contribution >= 0.6 is 0 Å². The highest BCUT2D eigenvalue weighted by atomic mass is 32.2. The zero-order valence-corrected chi connectivity index (χ0v) is 12.4. The Bertz CT molecular complexity index is 566.